The van der Waals surface area contributed by atoms with Crippen LogP contribution in [-0.2, 0) is 9.53 Å². The minimum Gasteiger partial charge on any atom is -0.480 e. The van der Waals surface area contributed by atoms with E-state index in [1.165, 1.54) is 12.8 Å². The van der Waals surface area contributed by atoms with Gasteiger partial charge in [0, 0.05) is 13.1 Å². The normalized spacial score (nSPS) is 20.4. The van der Waals surface area contributed by atoms with Gasteiger partial charge >= 0.3 is 5.97 Å². The van der Waals surface area contributed by atoms with Gasteiger partial charge in [-0.05, 0) is 18.8 Å². The molecule has 13 heavy (non-hydrogen) atoms. The third kappa shape index (κ3) is 4.24. The molecule has 0 unspecified atom stereocenters. The molecule has 1 heterocycles. The van der Waals surface area contributed by atoms with Crippen LogP contribution in [0.3, 0.4) is 0 Å². The van der Waals surface area contributed by atoms with Crippen LogP contribution < -0.4 is 0 Å². The molecular formula is C9H17NO3. The Hall–Kier alpha value is -0.610. The van der Waals surface area contributed by atoms with Gasteiger partial charge in [0.25, 0.3) is 0 Å². The second-order valence-corrected chi connectivity index (χ2v) is 3.67. The van der Waals surface area contributed by atoms with Gasteiger partial charge in [0.15, 0.2) is 0 Å². The third-order valence-electron chi connectivity index (χ3n) is 2.38. The van der Waals surface area contributed by atoms with Gasteiger partial charge in [0.05, 0.1) is 6.73 Å². The molecule has 0 spiro atoms. The lowest BCUT2D eigenvalue weighted by Gasteiger charge is -2.29. The molecule has 76 valence electrons. The summed E-state index contributed by atoms with van der Waals surface area (Å²) in [5.41, 5.74) is 0. The predicted molar refractivity (Wildman–Crippen MR) is 48.4 cm³/mol. The van der Waals surface area contributed by atoms with Crippen molar-refractivity contribution in [2.75, 3.05) is 26.4 Å². The summed E-state index contributed by atoms with van der Waals surface area (Å²) >= 11 is 0. The highest BCUT2D eigenvalue weighted by atomic mass is 16.5. The summed E-state index contributed by atoms with van der Waals surface area (Å²) in [5, 5.41) is 8.34. The molecule has 4 nitrogen and oxygen atoms in total. The maximum absolute atomic E-state index is 10.1. The van der Waals surface area contributed by atoms with Crippen molar-refractivity contribution in [2.45, 2.75) is 19.8 Å². The first kappa shape index (κ1) is 10.5. The molecule has 4 heteroatoms. The molecule has 1 fully saturated rings. The van der Waals surface area contributed by atoms with Crippen molar-refractivity contribution in [2.24, 2.45) is 5.92 Å². The second-order valence-electron chi connectivity index (χ2n) is 3.67. The summed E-state index contributed by atoms with van der Waals surface area (Å²) in [5.74, 6) is -0.0962. The van der Waals surface area contributed by atoms with E-state index in [9.17, 15) is 4.79 Å². The highest BCUT2D eigenvalue weighted by molar-refractivity contribution is 5.67. The van der Waals surface area contributed by atoms with Crippen molar-refractivity contribution in [3.63, 3.8) is 0 Å². The molecule has 0 atom stereocenters. The van der Waals surface area contributed by atoms with Gasteiger partial charge in [-0.2, -0.15) is 0 Å². The lowest BCUT2D eigenvalue weighted by atomic mass is 10.00. The lowest BCUT2D eigenvalue weighted by Crippen LogP contribution is -2.35. The van der Waals surface area contributed by atoms with Crippen LogP contribution in [0.15, 0.2) is 0 Å². The zero-order chi connectivity index (χ0) is 9.68. The number of nitrogens with zero attached hydrogens (tertiary/aromatic N) is 1. The largest absolute Gasteiger partial charge is 0.480 e. The number of piperidine rings is 1. The van der Waals surface area contributed by atoms with Crippen LogP contribution in [0.4, 0.5) is 0 Å². The van der Waals surface area contributed by atoms with E-state index in [1.807, 2.05) is 0 Å². The summed E-state index contributed by atoms with van der Waals surface area (Å²) in [6.45, 7) is 4.57. The van der Waals surface area contributed by atoms with Crippen LogP contribution in [0.25, 0.3) is 0 Å². The van der Waals surface area contributed by atoms with Crippen LogP contribution in [0.1, 0.15) is 19.8 Å². The van der Waals surface area contributed by atoms with E-state index in [-0.39, 0.29) is 6.61 Å². The van der Waals surface area contributed by atoms with E-state index >= 15 is 0 Å². The number of carboxylic acid groups (broad SMARTS) is 1. The number of hydrogen-bond acceptors (Lipinski definition) is 3. The maximum atomic E-state index is 10.1. The first-order valence-electron chi connectivity index (χ1n) is 4.70. The van der Waals surface area contributed by atoms with Gasteiger partial charge in [-0.15, -0.1) is 0 Å². The van der Waals surface area contributed by atoms with Crippen molar-refractivity contribution in [1.29, 1.82) is 0 Å². The molecule has 0 aromatic heterocycles. The average Bonchev–Trinajstić information content (AvgIpc) is 2.08. The zero-order valence-corrected chi connectivity index (χ0v) is 8.03. The SMILES string of the molecule is CC1CCN(COCC(=O)O)CC1. The Labute approximate surface area is 78.5 Å². The Morgan fingerprint density at radius 2 is 2.15 bits per heavy atom. The summed E-state index contributed by atoms with van der Waals surface area (Å²) < 4.78 is 5.00. The van der Waals surface area contributed by atoms with Crippen LogP contribution in [0.5, 0.6) is 0 Å². The fourth-order valence-corrected chi connectivity index (χ4v) is 1.45. The van der Waals surface area contributed by atoms with E-state index in [4.69, 9.17) is 9.84 Å². The first-order chi connectivity index (χ1) is 6.18. The molecule has 1 aliphatic rings. The number of hydrogen-bond donors (Lipinski definition) is 1. The number of rotatable bonds is 4. The molecule has 0 radical (unpaired) electrons. The van der Waals surface area contributed by atoms with Gasteiger partial charge in [0.1, 0.15) is 6.61 Å². The molecule has 1 aliphatic heterocycles. The van der Waals surface area contributed by atoms with Gasteiger partial charge in [-0.25, -0.2) is 4.79 Å². The Morgan fingerprint density at radius 1 is 1.54 bits per heavy atom. The minimum atomic E-state index is -0.898. The molecule has 1 N–H and O–H groups in total. The molecular weight excluding hydrogens is 170 g/mol. The highest BCUT2D eigenvalue weighted by Crippen LogP contribution is 2.15. The number of aliphatic carboxylic acids is 1. The van der Waals surface area contributed by atoms with Crippen molar-refractivity contribution in [1.82, 2.24) is 4.90 Å². The fraction of sp³-hybridized carbons (Fsp3) is 0.889. The Morgan fingerprint density at radius 3 is 2.69 bits per heavy atom. The van der Waals surface area contributed by atoms with E-state index < -0.39 is 5.97 Å². The Bertz CT molecular complexity index is 164. The van der Waals surface area contributed by atoms with Gasteiger partial charge in [-0.3, -0.25) is 4.90 Å². The quantitative estimate of drug-likeness (QED) is 0.706. The summed E-state index contributed by atoms with van der Waals surface area (Å²) in [6.07, 6.45) is 2.38. The molecule has 0 bridgehead atoms. The number of carbonyl (C=O) groups is 1. The Kier molecular flexibility index (Phi) is 4.18. The van der Waals surface area contributed by atoms with E-state index in [2.05, 4.69) is 11.8 Å². The molecule has 0 aliphatic carbocycles. The molecule has 0 aromatic carbocycles. The minimum absolute atomic E-state index is 0.188. The highest BCUT2D eigenvalue weighted by Gasteiger charge is 2.15. The molecule has 1 saturated heterocycles. The monoisotopic (exact) mass is 187 g/mol. The summed E-state index contributed by atoms with van der Waals surface area (Å²) in [7, 11) is 0. The van der Waals surface area contributed by atoms with E-state index in [1.54, 1.807) is 0 Å². The number of carboxylic acids is 1. The molecule has 0 aromatic rings. The van der Waals surface area contributed by atoms with Crippen LogP contribution in [-0.4, -0.2) is 42.4 Å². The number of ether oxygens (including phenoxy) is 1. The molecule has 0 amide bonds. The standard InChI is InChI=1S/C9H17NO3/c1-8-2-4-10(5-3-8)7-13-6-9(11)12/h8H,2-7H2,1H3,(H,11,12). The zero-order valence-electron chi connectivity index (χ0n) is 8.03. The number of likely N-dealkylation sites (tertiary alicyclic amines) is 1. The van der Waals surface area contributed by atoms with E-state index in [0.29, 0.717) is 6.73 Å². The predicted octanol–water partition coefficient (Wildman–Crippen LogP) is 0.777. The van der Waals surface area contributed by atoms with E-state index in [0.717, 1.165) is 19.0 Å². The van der Waals surface area contributed by atoms with Crippen LogP contribution in [0, 0.1) is 5.92 Å². The Balaban J connectivity index is 2.05. The lowest BCUT2D eigenvalue weighted by molar-refractivity contribution is -0.144. The maximum Gasteiger partial charge on any atom is 0.329 e. The third-order valence-corrected chi connectivity index (χ3v) is 2.38. The topological polar surface area (TPSA) is 49.8 Å². The molecule has 1 rings (SSSR count). The molecule has 0 saturated carbocycles. The van der Waals surface area contributed by atoms with Crippen molar-refractivity contribution >= 4 is 5.97 Å². The van der Waals surface area contributed by atoms with Gasteiger partial charge < -0.3 is 9.84 Å². The smallest absolute Gasteiger partial charge is 0.329 e. The van der Waals surface area contributed by atoms with Crippen molar-refractivity contribution in [3.05, 3.63) is 0 Å². The summed E-state index contributed by atoms with van der Waals surface area (Å²) in [4.78, 5) is 12.3. The van der Waals surface area contributed by atoms with Crippen molar-refractivity contribution in [3.8, 4) is 0 Å². The van der Waals surface area contributed by atoms with Crippen molar-refractivity contribution < 1.29 is 14.6 Å². The fourth-order valence-electron chi connectivity index (χ4n) is 1.45. The van der Waals surface area contributed by atoms with Gasteiger partial charge in [-0.1, -0.05) is 6.92 Å². The van der Waals surface area contributed by atoms with Gasteiger partial charge in [0.2, 0.25) is 0 Å². The second kappa shape index (κ2) is 5.19. The van der Waals surface area contributed by atoms with Crippen LogP contribution in [0.2, 0.25) is 0 Å². The van der Waals surface area contributed by atoms with Crippen LogP contribution >= 0.6 is 0 Å². The first-order valence-corrected chi connectivity index (χ1v) is 4.70. The average molecular weight is 187 g/mol. The summed E-state index contributed by atoms with van der Waals surface area (Å²) in [6, 6.07) is 0.